The Morgan fingerprint density at radius 1 is 1.43 bits per heavy atom. The second-order valence-electron chi connectivity index (χ2n) is 4.71. The molecule has 0 N–H and O–H groups in total. The Morgan fingerprint density at radius 2 is 2.19 bits per heavy atom. The maximum atomic E-state index is 11.8. The van der Waals surface area contributed by atoms with E-state index in [1.54, 1.807) is 19.0 Å². The first-order valence-electron chi connectivity index (χ1n) is 6.58. The highest BCUT2D eigenvalue weighted by Gasteiger charge is 2.17. The maximum Gasteiger partial charge on any atom is 0.245 e. The average Bonchev–Trinajstić information content (AvgIpc) is 2.82. The zero-order valence-corrected chi connectivity index (χ0v) is 13.1. The van der Waals surface area contributed by atoms with Crippen molar-refractivity contribution in [3.63, 3.8) is 0 Å². The van der Waals surface area contributed by atoms with Crippen LogP contribution in [0.15, 0.2) is 6.33 Å². The largest absolute Gasteiger partial charge is 0.479 e. The maximum absolute atomic E-state index is 11.8. The van der Waals surface area contributed by atoms with Gasteiger partial charge in [0.05, 0.1) is 7.11 Å². The van der Waals surface area contributed by atoms with Crippen LogP contribution in [0, 0.1) is 0 Å². The number of carbonyl (C=O) groups is 1. The van der Waals surface area contributed by atoms with Crippen molar-refractivity contribution in [1.82, 2.24) is 24.4 Å². The van der Waals surface area contributed by atoms with E-state index in [1.807, 2.05) is 4.57 Å². The van der Waals surface area contributed by atoms with Gasteiger partial charge in [-0.25, -0.2) is 9.97 Å². The lowest BCUT2D eigenvalue weighted by molar-refractivity contribution is -0.128. The molecule has 114 valence electrons. The van der Waals surface area contributed by atoms with E-state index >= 15 is 0 Å². The molecule has 21 heavy (non-hydrogen) atoms. The van der Waals surface area contributed by atoms with Gasteiger partial charge in [0.1, 0.15) is 12.2 Å². The molecule has 2 aromatic heterocycles. The van der Waals surface area contributed by atoms with E-state index in [1.165, 1.54) is 13.4 Å². The molecular weight excluding hydrogens is 294 g/mol. The van der Waals surface area contributed by atoms with Crippen molar-refractivity contribution in [2.75, 3.05) is 27.1 Å². The smallest absolute Gasteiger partial charge is 0.245 e. The molecule has 0 saturated carbocycles. The number of fused-ring (bicyclic) bond motifs is 1. The second kappa shape index (κ2) is 6.71. The van der Waals surface area contributed by atoms with Crippen LogP contribution in [0.2, 0.25) is 0 Å². The topological polar surface area (TPSA) is 73.1 Å². The van der Waals surface area contributed by atoms with Gasteiger partial charge in [-0.15, -0.1) is 11.6 Å². The van der Waals surface area contributed by atoms with E-state index in [0.717, 1.165) is 5.82 Å². The van der Waals surface area contributed by atoms with Gasteiger partial charge in [-0.2, -0.15) is 4.98 Å². The standard InChI is InChI=1S/C13H18ClN5O2/c1-18(2)10(20)5-7-19-9(4-6-14)17-11-12(19)15-8-16-13(11)21-3/h8H,4-7H2,1-3H3. The van der Waals surface area contributed by atoms with Crippen LogP contribution < -0.4 is 4.74 Å². The molecule has 0 aliphatic rings. The molecule has 0 bridgehead atoms. The summed E-state index contributed by atoms with van der Waals surface area (Å²) < 4.78 is 7.11. The Balaban J connectivity index is 2.39. The minimum absolute atomic E-state index is 0.0506. The predicted molar refractivity (Wildman–Crippen MR) is 79.6 cm³/mol. The molecule has 0 aromatic carbocycles. The summed E-state index contributed by atoms with van der Waals surface area (Å²) in [6, 6.07) is 0. The normalized spacial score (nSPS) is 10.9. The van der Waals surface area contributed by atoms with Gasteiger partial charge in [0.25, 0.3) is 0 Å². The van der Waals surface area contributed by atoms with Crippen LogP contribution >= 0.6 is 11.6 Å². The van der Waals surface area contributed by atoms with Gasteiger partial charge in [0.2, 0.25) is 11.8 Å². The molecule has 0 fully saturated rings. The summed E-state index contributed by atoms with van der Waals surface area (Å²) in [7, 11) is 5.01. The number of aromatic nitrogens is 4. The number of methoxy groups -OCH3 is 1. The summed E-state index contributed by atoms with van der Waals surface area (Å²) in [4.78, 5) is 26.1. The lowest BCUT2D eigenvalue weighted by Crippen LogP contribution is -2.23. The molecule has 0 unspecified atom stereocenters. The molecule has 8 heteroatoms. The Bertz CT molecular complexity index is 641. The number of imidazole rings is 1. The van der Waals surface area contributed by atoms with E-state index in [-0.39, 0.29) is 5.91 Å². The van der Waals surface area contributed by atoms with Gasteiger partial charge in [-0.1, -0.05) is 0 Å². The van der Waals surface area contributed by atoms with Gasteiger partial charge < -0.3 is 14.2 Å². The molecular formula is C13H18ClN5O2. The summed E-state index contributed by atoms with van der Waals surface area (Å²) in [5.41, 5.74) is 1.26. The van der Waals surface area contributed by atoms with E-state index < -0.39 is 0 Å². The van der Waals surface area contributed by atoms with Crippen molar-refractivity contribution in [1.29, 1.82) is 0 Å². The number of nitrogens with zero attached hydrogens (tertiary/aromatic N) is 5. The van der Waals surface area contributed by atoms with Crippen molar-refractivity contribution < 1.29 is 9.53 Å². The lowest BCUT2D eigenvalue weighted by atomic mass is 10.3. The molecule has 0 spiro atoms. The summed E-state index contributed by atoms with van der Waals surface area (Å²) in [5, 5.41) is 0. The van der Waals surface area contributed by atoms with Crippen LogP contribution in [0.5, 0.6) is 5.88 Å². The van der Waals surface area contributed by atoms with Gasteiger partial charge in [-0.3, -0.25) is 4.79 Å². The third-order valence-electron chi connectivity index (χ3n) is 3.14. The van der Waals surface area contributed by atoms with Crippen molar-refractivity contribution in [2.24, 2.45) is 0 Å². The summed E-state index contributed by atoms with van der Waals surface area (Å²) in [6.07, 6.45) is 2.40. The van der Waals surface area contributed by atoms with E-state index in [9.17, 15) is 4.79 Å². The third-order valence-corrected chi connectivity index (χ3v) is 3.33. The van der Waals surface area contributed by atoms with Gasteiger partial charge >= 0.3 is 0 Å². The van der Waals surface area contributed by atoms with Crippen LogP contribution in [0.25, 0.3) is 11.2 Å². The number of carbonyl (C=O) groups excluding carboxylic acids is 1. The Labute approximate surface area is 127 Å². The third kappa shape index (κ3) is 3.24. The fourth-order valence-corrected chi connectivity index (χ4v) is 2.22. The van der Waals surface area contributed by atoms with Crippen LogP contribution in [-0.2, 0) is 17.8 Å². The highest BCUT2D eigenvalue weighted by Crippen LogP contribution is 2.22. The quantitative estimate of drug-likeness (QED) is 0.747. The number of aryl methyl sites for hydroxylation is 2. The van der Waals surface area contributed by atoms with Crippen molar-refractivity contribution in [3.05, 3.63) is 12.2 Å². The van der Waals surface area contributed by atoms with E-state index in [4.69, 9.17) is 16.3 Å². The summed E-state index contributed by atoms with van der Waals surface area (Å²) >= 11 is 5.83. The molecule has 7 nitrogen and oxygen atoms in total. The molecule has 0 atom stereocenters. The summed E-state index contributed by atoms with van der Waals surface area (Å²) in [6.45, 7) is 0.500. The Kier molecular flexibility index (Phi) is 4.95. The molecule has 1 amide bonds. The van der Waals surface area contributed by atoms with Crippen molar-refractivity contribution >= 4 is 28.7 Å². The first-order chi connectivity index (χ1) is 10.1. The molecule has 2 aromatic rings. The van der Waals surface area contributed by atoms with Gasteiger partial charge in [0, 0.05) is 39.4 Å². The molecule has 2 rings (SSSR count). The van der Waals surface area contributed by atoms with Crippen LogP contribution in [0.3, 0.4) is 0 Å². The van der Waals surface area contributed by atoms with E-state index in [0.29, 0.717) is 42.3 Å². The lowest BCUT2D eigenvalue weighted by Gasteiger charge is -2.12. The highest BCUT2D eigenvalue weighted by atomic mass is 35.5. The van der Waals surface area contributed by atoms with Crippen LogP contribution in [0.1, 0.15) is 12.2 Å². The van der Waals surface area contributed by atoms with Crippen molar-refractivity contribution in [2.45, 2.75) is 19.4 Å². The highest BCUT2D eigenvalue weighted by molar-refractivity contribution is 6.17. The Morgan fingerprint density at radius 3 is 2.81 bits per heavy atom. The number of ether oxygens (including phenoxy) is 1. The fourth-order valence-electron chi connectivity index (χ4n) is 2.05. The number of hydrogen-bond acceptors (Lipinski definition) is 5. The van der Waals surface area contributed by atoms with Gasteiger partial charge in [-0.05, 0) is 0 Å². The SMILES string of the molecule is COc1ncnc2c1nc(CCCl)n2CCC(=O)N(C)C. The fraction of sp³-hybridized carbons (Fsp3) is 0.538. The number of hydrogen-bond donors (Lipinski definition) is 0. The molecule has 0 radical (unpaired) electrons. The first-order valence-corrected chi connectivity index (χ1v) is 7.12. The second-order valence-corrected chi connectivity index (χ2v) is 5.09. The van der Waals surface area contributed by atoms with Crippen LogP contribution in [0.4, 0.5) is 0 Å². The summed E-state index contributed by atoms with van der Waals surface area (Å²) in [5.74, 6) is 1.70. The Hall–Kier alpha value is -1.89. The predicted octanol–water partition coefficient (Wildman–Crippen LogP) is 1.09. The van der Waals surface area contributed by atoms with Crippen LogP contribution in [-0.4, -0.2) is 57.4 Å². The van der Waals surface area contributed by atoms with Gasteiger partial charge in [0.15, 0.2) is 11.2 Å². The zero-order chi connectivity index (χ0) is 15.4. The number of rotatable bonds is 6. The molecule has 0 saturated heterocycles. The zero-order valence-electron chi connectivity index (χ0n) is 12.3. The average molecular weight is 312 g/mol. The van der Waals surface area contributed by atoms with E-state index in [2.05, 4.69) is 15.0 Å². The number of amides is 1. The monoisotopic (exact) mass is 311 g/mol. The number of alkyl halides is 1. The molecule has 0 aliphatic heterocycles. The number of halogens is 1. The first kappa shape index (κ1) is 15.5. The van der Waals surface area contributed by atoms with Crippen molar-refractivity contribution in [3.8, 4) is 5.88 Å². The minimum atomic E-state index is 0.0506. The molecule has 0 aliphatic carbocycles. The minimum Gasteiger partial charge on any atom is -0.479 e. The molecule has 2 heterocycles.